The van der Waals surface area contributed by atoms with Crippen LogP contribution < -0.4 is 0 Å². The minimum atomic E-state index is 0.512. The van der Waals surface area contributed by atoms with E-state index < -0.39 is 0 Å². The number of hydrogen-bond acceptors (Lipinski definition) is 3. The fourth-order valence-electron chi connectivity index (χ4n) is 0.450. The molecule has 48 valence electrons. The highest BCUT2D eigenvalue weighted by molar-refractivity contribution is 9.10. The van der Waals surface area contributed by atoms with E-state index in [1.54, 1.807) is 6.07 Å². The van der Waals surface area contributed by atoms with Gasteiger partial charge >= 0.3 is 0 Å². The van der Waals surface area contributed by atoms with E-state index in [4.69, 9.17) is 9.62 Å². The van der Waals surface area contributed by atoms with E-state index in [1.165, 1.54) is 12.5 Å². The van der Waals surface area contributed by atoms with Crippen LogP contribution in [-0.4, -0.2) is 11.4 Å². The molecule has 1 N–H and O–H groups in total. The van der Waals surface area contributed by atoms with E-state index in [0.29, 0.717) is 5.76 Å². The Kier molecular flexibility index (Phi) is 1.89. The molecular weight excluding hydrogens is 186 g/mol. The fraction of sp³-hybridized carbons (Fsp3) is 0. The summed E-state index contributed by atoms with van der Waals surface area (Å²) in [4.78, 5) is 0. The Morgan fingerprint density at radius 1 is 1.78 bits per heavy atom. The van der Waals surface area contributed by atoms with Gasteiger partial charge in [-0.1, -0.05) is 5.16 Å². The van der Waals surface area contributed by atoms with Crippen LogP contribution in [-0.2, 0) is 0 Å². The number of hydrogen-bond donors (Lipinski definition) is 1. The van der Waals surface area contributed by atoms with Crippen molar-refractivity contribution in [3.8, 4) is 0 Å². The fourth-order valence-corrected chi connectivity index (χ4v) is 0.754. The first-order chi connectivity index (χ1) is 4.34. The molecule has 4 heteroatoms. The van der Waals surface area contributed by atoms with E-state index in [0.717, 1.165) is 4.47 Å². The van der Waals surface area contributed by atoms with Crippen molar-refractivity contribution in [2.75, 3.05) is 0 Å². The summed E-state index contributed by atoms with van der Waals surface area (Å²) >= 11 is 3.17. The lowest BCUT2D eigenvalue weighted by molar-refractivity contribution is 0.320. The number of rotatable bonds is 1. The Morgan fingerprint density at radius 2 is 2.56 bits per heavy atom. The number of furan rings is 1. The molecule has 0 fully saturated rings. The second kappa shape index (κ2) is 2.68. The summed E-state index contributed by atoms with van der Waals surface area (Å²) in [6.07, 6.45) is 2.71. The first kappa shape index (κ1) is 6.35. The second-order valence-electron chi connectivity index (χ2n) is 1.38. The van der Waals surface area contributed by atoms with Gasteiger partial charge in [-0.3, -0.25) is 0 Å². The molecule has 0 bridgehead atoms. The molecule has 0 saturated carbocycles. The minimum absolute atomic E-state index is 0.512. The van der Waals surface area contributed by atoms with Gasteiger partial charge in [0.25, 0.3) is 0 Å². The summed E-state index contributed by atoms with van der Waals surface area (Å²) in [7, 11) is 0. The van der Waals surface area contributed by atoms with Gasteiger partial charge in [0.05, 0.1) is 10.7 Å². The van der Waals surface area contributed by atoms with Crippen LogP contribution in [0.25, 0.3) is 0 Å². The van der Waals surface area contributed by atoms with E-state index in [-0.39, 0.29) is 0 Å². The molecule has 0 unspecified atom stereocenters. The Hall–Kier alpha value is -0.770. The maximum Gasteiger partial charge on any atom is 0.162 e. The molecule has 1 rings (SSSR count). The van der Waals surface area contributed by atoms with Gasteiger partial charge in [0, 0.05) is 0 Å². The van der Waals surface area contributed by atoms with E-state index in [1.807, 2.05) is 0 Å². The van der Waals surface area contributed by atoms with Crippen LogP contribution in [0.5, 0.6) is 0 Å². The molecule has 0 atom stereocenters. The van der Waals surface area contributed by atoms with Crippen LogP contribution in [0.15, 0.2) is 26.4 Å². The van der Waals surface area contributed by atoms with Crippen molar-refractivity contribution in [1.29, 1.82) is 0 Å². The van der Waals surface area contributed by atoms with Crippen LogP contribution in [0.4, 0.5) is 0 Å². The third-order valence-electron chi connectivity index (χ3n) is 0.820. The van der Waals surface area contributed by atoms with Crippen molar-refractivity contribution in [1.82, 2.24) is 0 Å². The lowest BCUT2D eigenvalue weighted by Gasteiger charge is -1.80. The van der Waals surface area contributed by atoms with Gasteiger partial charge in [-0.15, -0.1) is 0 Å². The molecule has 0 radical (unpaired) electrons. The average Bonchev–Trinajstić information content (AvgIpc) is 2.18. The van der Waals surface area contributed by atoms with E-state index >= 15 is 0 Å². The zero-order valence-corrected chi connectivity index (χ0v) is 6.00. The van der Waals surface area contributed by atoms with E-state index in [2.05, 4.69) is 21.1 Å². The first-order valence-electron chi connectivity index (χ1n) is 2.25. The SMILES string of the molecule is O/N=C/c1occc1Br. The van der Waals surface area contributed by atoms with Crippen molar-refractivity contribution in [3.63, 3.8) is 0 Å². The standard InChI is InChI=1S/C5H4BrNO2/c6-4-1-2-9-5(4)3-7-8/h1-3,8H/b7-3+. The summed E-state index contributed by atoms with van der Waals surface area (Å²) < 4.78 is 5.63. The molecule has 9 heavy (non-hydrogen) atoms. The summed E-state index contributed by atoms with van der Waals surface area (Å²) in [6, 6.07) is 1.72. The Labute approximate surface area is 60.1 Å². The Morgan fingerprint density at radius 3 is 3.00 bits per heavy atom. The normalized spacial score (nSPS) is 10.8. The molecule has 0 spiro atoms. The van der Waals surface area contributed by atoms with Crippen LogP contribution in [0.3, 0.4) is 0 Å². The minimum Gasteiger partial charge on any atom is -0.462 e. The quantitative estimate of drug-likeness (QED) is 0.417. The molecule has 0 aromatic carbocycles. The number of oxime groups is 1. The third kappa shape index (κ3) is 1.32. The van der Waals surface area contributed by atoms with Gasteiger partial charge in [0.15, 0.2) is 5.76 Å². The molecule has 1 heterocycles. The summed E-state index contributed by atoms with van der Waals surface area (Å²) in [5.41, 5.74) is 0. The maximum atomic E-state index is 8.05. The zero-order chi connectivity index (χ0) is 6.69. The Bertz CT molecular complexity index is 218. The highest BCUT2D eigenvalue weighted by atomic mass is 79.9. The van der Waals surface area contributed by atoms with Gasteiger partial charge in [0.1, 0.15) is 6.21 Å². The predicted molar refractivity (Wildman–Crippen MR) is 35.8 cm³/mol. The van der Waals surface area contributed by atoms with Crippen molar-refractivity contribution < 1.29 is 9.62 Å². The van der Waals surface area contributed by atoms with Gasteiger partial charge in [-0.2, -0.15) is 0 Å². The number of halogens is 1. The molecule has 0 aliphatic carbocycles. The van der Waals surface area contributed by atoms with Crippen molar-refractivity contribution in [2.24, 2.45) is 5.16 Å². The van der Waals surface area contributed by atoms with E-state index in [9.17, 15) is 0 Å². The molecule has 1 aromatic rings. The molecule has 0 aliphatic rings. The molecule has 1 aromatic heterocycles. The van der Waals surface area contributed by atoms with Gasteiger partial charge in [-0.25, -0.2) is 0 Å². The van der Waals surface area contributed by atoms with Crippen LogP contribution in [0.1, 0.15) is 5.76 Å². The first-order valence-corrected chi connectivity index (χ1v) is 3.04. The molecular formula is C5H4BrNO2. The van der Waals surface area contributed by atoms with Crippen LogP contribution in [0.2, 0.25) is 0 Å². The Balaban J connectivity index is 2.94. The molecule has 0 saturated heterocycles. The van der Waals surface area contributed by atoms with Crippen LogP contribution >= 0.6 is 15.9 Å². The summed E-state index contributed by atoms with van der Waals surface area (Å²) in [6.45, 7) is 0. The van der Waals surface area contributed by atoms with Gasteiger partial charge in [0.2, 0.25) is 0 Å². The lowest BCUT2D eigenvalue weighted by Crippen LogP contribution is -1.74. The van der Waals surface area contributed by atoms with Crippen molar-refractivity contribution in [3.05, 3.63) is 22.6 Å². The highest BCUT2D eigenvalue weighted by Crippen LogP contribution is 2.14. The monoisotopic (exact) mass is 189 g/mol. The molecule has 0 amide bonds. The third-order valence-corrected chi connectivity index (χ3v) is 1.47. The van der Waals surface area contributed by atoms with Gasteiger partial charge in [-0.05, 0) is 22.0 Å². The smallest absolute Gasteiger partial charge is 0.162 e. The average molecular weight is 190 g/mol. The largest absolute Gasteiger partial charge is 0.462 e. The van der Waals surface area contributed by atoms with Crippen molar-refractivity contribution >= 4 is 22.1 Å². The summed E-state index contributed by atoms with van der Waals surface area (Å²) in [5.74, 6) is 0.512. The van der Waals surface area contributed by atoms with Crippen molar-refractivity contribution in [2.45, 2.75) is 0 Å². The predicted octanol–water partition coefficient (Wildman–Crippen LogP) is 1.85. The molecule has 0 aliphatic heterocycles. The second-order valence-corrected chi connectivity index (χ2v) is 2.23. The van der Waals surface area contributed by atoms with Gasteiger partial charge < -0.3 is 9.62 Å². The number of nitrogens with zero attached hydrogens (tertiary/aromatic N) is 1. The highest BCUT2D eigenvalue weighted by Gasteiger charge is 1.97. The topological polar surface area (TPSA) is 45.7 Å². The zero-order valence-electron chi connectivity index (χ0n) is 4.41. The molecule has 3 nitrogen and oxygen atoms in total. The summed E-state index contributed by atoms with van der Waals surface area (Å²) in [5, 5.41) is 10.8. The maximum absolute atomic E-state index is 8.05. The van der Waals surface area contributed by atoms with Crippen LogP contribution in [0, 0.1) is 0 Å². The lowest BCUT2D eigenvalue weighted by atomic mass is 10.5.